The summed E-state index contributed by atoms with van der Waals surface area (Å²) in [6, 6.07) is 9.40. The molecule has 1 aromatic rings. The summed E-state index contributed by atoms with van der Waals surface area (Å²) in [7, 11) is 0. The highest BCUT2D eigenvalue weighted by Gasteiger charge is 2.24. The maximum Gasteiger partial charge on any atom is 0.0335 e. The van der Waals surface area contributed by atoms with E-state index in [4.69, 9.17) is 0 Å². The highest BCUT2D eigenvalue weighted by atomic mass is 15.0. The summed E-state index contributed by atoms with van der Waals surface area (Å²) in [5.41, 5.74) is 2.97. The van der Waals surface area contributed by atoms with Gasteiger partial charge in [-0.25, -0.2) is 0 Å². The molecule has 1 atom stereocenters. The van der Waals surface area contributed by atoms with E-state index in [1.807, 2.05) is 0 Å². The molecule has 0 radical (unpaired) electrons. The summed E-state index contributed by atoms with van der Waals surface area (Å²) in [6.45, 7) is 3.35. The summed E-state index contributed by atoms with van der Waals surface area (Å²) in [4.78, 5) is 0. The van der Waals surface area contributed by atoms with Crippen molar-refractivity contribution in [1.29, 1.82) is 0 Å². The van der Waals surface area contributed by atoms with E-state index >= 15 is 0 Å². The lowest BCUT2D eigenvalue weighted by Crippen LogP contribution is -2.25. The molecule has 1 unspecified atom stereocenters. The molecule has 2 aliphatic rings. The van der Waals surface area contributed by atoms with Crippen LogP contribution >= 0.6 is 0 Å². The molecule has 2 N–H and O–H groups in total. The van der Waals surface area contributed by atoms with Gasteiger partial charge < -0.3 is 10.6 Å². The summed E-state index contributed by atoms with van der Waals surface area (Å²) >= 11 is 0. The lowest BCUT2D eigenvalue weighted by molar-refractivity contribution is 0.483. The Bertz CT molecular complexity index is 358. The van der Waals surface area contributed by atoms with Gasteiger partial charge in [-0.2, -0.15) is 0 Å². The molecular weight excluding hydrogens is 196 g/mol. The predicted octanol–water partition coefficient (Wildman–Crippen LogP) is 2.22. The number of benzene rings is 1. The summed E-state index contributed by atoms with van der Waals surface area (Å²) in [6.07, 6.45) is 4.07. The average molecular weight is 216 g/mol. The number of hydrogen-bond acceptors (Lipinski definition) is 2. The lowest BCUT2D eigenvalue weighted by atomic mass is 9.99. The predicted molar refractivity (Wildman–Crippen MR) is 66.2 cm³/mol. The van der Waals surface area contributed by atoms with Crippen LogP contribution in [0.15, 0.2) is 24.3 Å². The molecule has 0 spiro atoms. The van der Waals surface area contributed by atoms with Gasteiger partial charge in [0.2, 0.25) is 0 Å². The molecule has 1 aliphatic carbocycles. The molecule has 2 nitrogen and oxygen atoms in total. The average Bonchev–Trinajstić information content (AvgIpc) is 3.13. The highest BCUT2D eigenvalue weighted by Crippen LogP contribution is 2.30. The normalized spacial score (nSPS) is 24.9. The van der Waals surface area contributed by atoms with Crippen molar-refractivity contribution >= 4 is 0 Å². The Balaban J connectivity index is 1.75. The zero-order valence-electron chi connectivity index (χ0n) is 9.71. The lowest BCUT2D eigenvalue weighted by Gasteiger charge is -2.18. The maximum absolute atomic E-state index is 3.74. The number of rotatable bonds is 3. The fourth-order valence-corrected chi connectivity index (χ4v) is 2.50. The smallest absolute Gasteiger partial charge is 0.0335 e. The molecular formula is C14H20N2. The molecule has 86 valence electrons. The first-order valence-corrected chi connectivity index (χ1v) is 6.45. The third kappa shape index (κ3) is 2.28. The first kappa shape index (κ1) is 10.3. The van der Waals surface area contributed by atoms with E-state index in [9.17, 15) is 0 Å². The molecule has 3 rings (SSSR count). The monoisotopic (exact) mass is 216 g/mol. The quantitative estimate of drug-likeness (QED) is 0.809. The molecule has 0 aromatic heterocycles. The fraction of sp³-hybridized carbons (Fsp3) is 0.571. The van der Waals surface area contributed by atoms with Crippen molar-refractivity contribution in [1.82, 2.24) is 10.6 Å². The second-order valence-corrected chi connectivity index (χ2v) is 5.07. The van der Waals surface area contributed by atoms with Crippen LogP contribution in [-0.2, 0) is 6.54 Å². The van der Waals surface area contributed by atoms with Crippen LogP contribution in [0, 0.1) is 5.92 Å². The van der Waals surface area contributed by atoms with Crippen LogP contribution < -0.4 is 10.6 Å². The summed E-state index contributed by atoms with van der Waals surface area (Å²) < 4.78 is 0. The topological polar surface area (TPSA) is 24.1 Å². The Morgan fingerprint density at radius 1 is 1.19 bits per heavy atom. The molecule has 0 bridgehead atoms. The second-order valence-electron chi connectivity index (χ2n) is 5.07. The molecule has 1 aromatic carbocycles. The van der Waals surface area contributed by atoms with Gasteiger partial charge in [0.25, 0.3) is 0 Å². The van der Waals surface area contributed by atoms with E-state index in [1.54, 1.807) is 0 Å². The van der Waals surface area contributed by atoms with E-state index in [2.05, 4.69) is 34.9 Å². The Morgan fingerprint density at radius 3 is 2.94 bits per heavy atom. The van der Waals surface area contributed by atoms with Crippen LogP contribution in [0.25, 0.3) is 0 Å². The molecule has 16 heavy (non-hydrogen) atoms. The van der Waals surface area contributed by atoms with Gasteiger partial charge in [0, 0.05) is 12.6 Å². The molecule has 1 aliphatic heterocycles. The number of nitrogens with one attached hydrogen (secondary N) is 2. The van der Waals surface area contributed by atoms with E-state index in [0.29, 0.717) is 6.04 Å². The van der Waals surface area contributed by atoms with Gasteiger partial charge in [-0.1, -0.05) is 24.3 Å². The zero-order valence-corrected chi connectivity index (χ0v) is 9.71. The van der Waals surface area contributed by atoms with Crippen molar-refractivity contribution in [3.05, 3.63) is 35.4 Å². The van der Waals surface area contributed by atoms with Gasteiger partial charge in [-0.3, -0.25) is 0 Å². The van der Waals surface area contributed by atoms with Crippen molar-refractivity contribution in [2.45, 2.75) is 31.8 Å². The Morgan fingerprint density at radius 2 is 2.06 bits per heavy atom. The van der Waals surface area contributed by atoms with Crippen LogP contribution in [0.4, 0.5) is 0 Å². The van der Waals surface area contributed by atoms with Crippen molar-refractivity contribution in [2.24, 2.45) is 5.92 Å². The first-order chi connectivity index (χ1) is 7.93. The van der Waals surface area contributed by atoms with Crippen molar-refractivity contribution in [3.8, 4) is 0 Å². The summed E-state index contributed by atoms with van der Waals surface area (Å²) in [5.74, 6) is 0.961. The molecule has 1 saturated carbocycles. The molecule has 1 fully saturated rings. The second kappa shape index (κ2) is 4.56. The van der Waals surface area contributed by atoms with Crippen LogP contribution in [-0.4, -0.2) is 13.1 Å². The standard InChI is InChI=1S/C14H20N2/c1-2-4-13-12(3-1)10-15-8-7-14(13)16-9-11-5-6-11/h1-4,11,14-16H,5-10H2. The van der Waals surface area contributed by atoms with Crippen LogP contribution in [0.5, 0.6) is 0 Å². The van der Waals surface area contributed by atoms with Crippen LogP contribution in [0.2, 0.25) is 0 Å². The number of hydrogen-bond donors (Lipinski definition) is 2. The third-order valence-electron chi connectivity index (χ3n) is 3.71. The van der Waals surface area contributed by atoms with Gasteiger partial charge in [0.15, 0.2) is 0 Å². The number of fused-ring (bicyclic) bond motifs is 1. The maximum atomic E-state index is 3.74. The fourth-order valence-electron chi connectivity index (χ4n) is 2.50. The molecule has 0 saturated heterocycles. The Labute approximate surface area is 97.4 Å². The van der Waals surface area contributed by atoms with Crippen LogP contribution in [0.3, 0.4) is 0 Å². The zero-order chi connectivity index (χ0) is 10.8. The van der Waals surface area contributed by atoms with Gasteiger partial charge in [-0.15, -0.1) is 0 Å². The van der Waals surface area contributed by atoms with Gasteiger partial charge in [0.05, 0.1) is 0 Å². The van der Waals surface area contributed by atoms with E-state index in [1.165, 1.54) is 36.9 Å². The minimum atomic E-state index is 0.562. The van der Waals surface area contributed by atoms with Crippen molar-refractivity contribution in [2.75, 3.05) is 13.1 Å². The van der Waals surface area contributed by atoms with Crippen LogP contribution in [0.1, 0.15) is 36.4 Å². The van der Waals surface area contributed by atoms with Gasteiger partial charge in [0.1, 0.15) is 0 Å². The van der Waals surface area contributed by atoms with Gasteiger partial charge in [-0.05, 0) is 49.4 Å². The Hall–Kier alpha value is -0.860. The minimum absolute atomic E-state index is 0.562. The van der Waals surface area contributed by atoms with Crippen molar-refractivity contribution in [3.63, 3.8) is 0 Å². The highest BCUT2D eigenvalue weighted by molar-refractivity contribution is 5.31. The first-order valence-electron chi connectivity index (χ1n) is 6.45. The molecule has 1 heterocycles. The largest absolute Gasteiger partial charge is 0.313 e. The summed E-state index contributed by atoms with van der Waals surface area (Å²) in [5, 5.41) is 7.24. The van der Waals surface area contributed by atoms with E-state index in [0.717, 1.165) is 19.0 Å². The Kier molecular flexibility index (Phi) is 2.94. The SMILES string of the molecule is c1ccc2c(c1)CNCCC2NCC1CC1. The van der Waals surface area contributed by atoms with E-state index < -0.39 is 0 Å². The molecule has 0 amide bonds. The van der Waals surface area contributed by atoms with E-state index in [-0.39, 0.29) is 0 Å². The molecule has 2 heteroatoms. The third-order valence-corrected chi connectivity index (χ3v) is 3.71. The van der Waals surface area contributed by atoms with Crippen molar-refractivity contribution < 1.29 is 0 Å². The van der Waals surface area contributed by atoms with Gasteiger partial charge >= 0.3 is 0 Å². The minimum Gasteiger partial charge on any atom is -0.313 e.